The van der Waals surface area contributed by atoms with Crippen molar-refractivity contribution >= 4 is 0 Å². The Labute approximate surface area is 101 Å². The van der Waals surface area contributed by atoms with Gasteiger partial charge in [-0.25, -0.2) is 0 Å². The third kappa shape index (κ3) is 2.78. The third-order valence-corrected chi connectivity index (χ3v) is 4.38. The second kappa shape index (κ2) is 6.02. The Morgan fingerprint density at radius 3 is 1.56 bits per heavy atom. The molecule has 0 aromatic carbocycles. The standard InChI is InChI=1S/C14H28N2/c1-3-5-7-13-11-16-10-9-15(13)12-14(16)8-6-4-2/h13-14H,3-12H2,1-2H3. The predicted octanol–water partition coefficient (Wildman–Crippen LogP) is 2.74. The van der Waals surface area contributed by atoms with Crippen molar-refractivity contribution in [3.05, 3.63) is 0 Å². The largest absolute Gasteiger partial charge is 0.296 e. The number of rotatable bonds is 6. The van der Waals surface area contributed by atoms with Gasteiger partial charge in [-0.1, -0.05) is 39.5 Å². The van der Waals surface area contributed by atoms with E-state index >= 15 is 0 Å². The molecular weight excluding hydrogens is 196 g/mol. The number of nitrogens with zero attached hydrogens (tertiary/aromatic N) is 2. The zero-order chi connectivity index (χ0) is 11.4. The lowest BCUT2D eigenvalue weighted by atomic mass is 9.95. The van der Waals surface area contributed by atoms with Crippen molar-refractivity contribution in [2.75, 3.05) is 26.2 Å². The highest BCUT2D eigenvalue weighted by Crippen LogP contribution is 2.26. The molecule has 4 unspecified atom stereocenters. The van der Waals surface area contributed by atoms with E-state index in [-0.39, 0.29) is 0 Å². The summed E-state index contributed by atoms with van der Waals surface area (Å²) in [7, 11) is 0. The second-order valence-corrected chi connectivity index (χ2v) is 5.58. The van der Waals surface area contributed by atoms with E-state index in [1.807, 2.05) is 0 Å². The van der Waals surface area contributed by atoms with Gasteiger partial charge < -0.3 is 0 Å². The molecule has 2 bridgehead atoms. The molecular formula is C14H28N2. The summed E-state index contributed by atoms with van der Waals surface area (Å²) < 4.78 is 0. The lowest BCUT2D eigenvalue weighted by Gasteiger charge is -2.52. The van der Waals surface area contributed by atoms with Crippen LogP contribution in [0.15, 0.2) is 0 Å². The van der Waals surface area contributed by atoms with Gasteiger partial charge in [0.15, 0.2) is 0 Å². The molecule has 4 atom stereocenters. The van der Waals surface area contributed by atoms with Crippen LogP contribution in [0.2, 0.25) is 0 Å². The van der Waals surface area contributed by atoms with Crippen molar-refractivity contribution in [2.45, 2.75) is 64.5 Å². The van der Waals surface area contributed by atoms with Crippen LogP contribution in [-0.2, 0) is 0 Å². The van der Waals surface area contributed by atoms with Gasteiger partial charge in [-0.05, 0) is 12.8 Å². The van der Waals surface area contributed by atoms with Gasteiger partial charge in [0.25, 0.3) is 0 Å². The highest BCUT2D eigenvalue weighted by atomic mass is 15.4. The van der Waals surface area contributed by atoms with Crippen molar-refractivity contribution < 1.29 is 0 Å². The number of hydrogen-bond acceptors (Lipinski definition) is 2. The normalized spacial score (nSPS) is 37.9. The lowest BCUT2D eigenvalue weighted by molar-refractivity contribution is -0.0358. The van der Waals surface area contributed by atoms with Crippen LogP contribution in [0.4, 0.5) is 0 Å². The van der Waals surface area contributed by atoms with E-state index in [1.165, 1.54) is 64.7 Å². The van der Waals surface area contributed by atoms with Crippen LogP contribution in [0.3, 0.4) is 0 Å². The van der Waals surface area contributed by atoms with E-state index in [2.05, 4.69) is 23.6 Å². The number of hydrogen-bond donors (Lipinski definition) is 0. The Hall–Kier alpha value is -0.0800. The average Bonchev–Trinajstić information content (AvgIpc) is 2.34. The van der Waals surface area contributed by atoms with Crippen molar-refractivity contribution in [2.24, 2.45) is 0 Å². The Morgan fingerprint density at radius 1 is 0.812 bits per heavy atom. The molecule has 3 aliphatic rings. The van der Waals surface area contributed by atoms with Crippen LogP contribution in [0.25, 0.3) is 0 Å². The quantitative estimate of drug-likeness (QED) is 0.684. The van der Waals surface area contributed by atoms with Gasteiger partial charge in [0.2, 0.25) is 0 Å². The maximum absolute atomic E-state index is 2.77. The maximum Gasteiger partial charge on any atom is 0.0224 e. The molecule has 0 saturated carbocycles. The van der Waals surface area contributed by atoms with E-state index in [4.69, 9.17) is 0 Å². The summed E-state index contributed by atoms with van der Waals surface area (Å²) in [5.41, 5.74) is 0. The highest BCUT2D eigenvalue weighted by Gasteiger charge is 2.37. The van der Waals surface area contributed by atoms with E-state index < -0.39 is 0 Å². The summed E-state index contributed by atoms with van der Waals surface area (Å²) in [6, 6.07) is 1.76. The lowest BCUT2D eigenvalue weighted by Crippen LogP contribution is -2.65. The number of unbranched alkanes of at least 4 members (excludes halogenated alkanes) is 2. The molecule has 3 rings (SSSR count). The van der Waals surface area contributed by atoms with Crippen molar-refractivity contribution in [1.82, 2.24) is 9.80 Å². The van der Waals surface area contributed by atoms with Crippen molar-refractivity contribution in [3.63, 3.8) is 0 Å². The summed E-state index contributed by atoms with van der Waals surface area (Å²) in [5.74, 6) is 0. The van der Waals surface area contributed by atoms with E-state index in [0.717, 1.165) is 12.1 Å². The van der Waals surface area contributed by atoms with Gasteiger partial charge in [-0.2, -0.15) is 0 Å². The fourth-order valence-corrected chi connectivity index (χ4v) is 3.30. The Kier molecular flexibility index (Phi) is 4.66. The molecule has 0 radical (unpaired) electrons. The first kappa shape index (κ1) is 12.4. The summed E-state index contributed by atoms with van der Waals surface area (Å²) in [5, 5.41) is 0. The molecule has 3 fully saturated rings. The van der Waals surface area contributed by atoms with Crippen LogP contribution >= 0.6 is 0 Å². The Morgan fingerprint density at radius 2 is 1.25 bits per heavy atom. The van der Waals surface area contributed by atoms with Crippen LogP contribution in [0, 0.1) is 0 Å². The summed E-state index contributed by atoms with van der Waals surface area (Å²) in [6.45, 7) is 9.98. The molecule has 2 nitrogen and oxygen atoms in total. The molecule has 0 amide bonds. The average molecular weight is 224 g/mol. The van der Waals surface area contributed by atoms with E-state index in [1.54, 1.807) is 0 Å². The van der Waals surface area contributed by atoms with Crippen LogP contribution < -0.4 is 0 Å². The van der Waals surface area contributed by atoms with Crippen LogP contribution in [0.5, 0.6) is 0 Å². The molecule has 0 spiro atoms. The first-order chi connectivity index (χ1) is 7.85. The van der Waals surface area contributed by atoms with Crippen molar-refractivity contribution in [3.8, 4) is 0 Å². The van der Waals surface area contributed by atoms with Gasteiger partial charge >= 0.3 is 0 Å². The Balaban J connectivity index is 1.81. The fourth-order valence-electron chi connectivity index (χ4n) is 3.30. The SMILES string of the molecule is CCCCC1CN2CCN1CC2CCCC. The monoisotopic (exact) mass is 224 g/mol. The third-order valence-electron chi connectivity index (χ3n) is 4.38. The number of piperazine rings is 3. The Bertz CT molecular complexity index is 183. The van der Waals surface area contributed by atoms with Crippen molar-refractivity contribution in [1.29, 1.82) is 0 Å². The molecule has 3 saturated heterocycles. The molecule has 16 heavy (non-hydrogen) atoms. The summed E-state index contributed by atoms with van der Waals surface area (Å²) in [4.78, 5) is 5.55. The topological polar surface area (TPSA) is 6.48 Å². The zero-order valence-electron chi connectivity index (χ0n) is 11.1. The van der Waals surface area contributed by atoms with E-state index in [0.29, 0.717) is 0 Å². The fraction of sp³-hybridized carbons (Fsp3) is 1.00. The molecule has 0 N–H and O–H groups in total. The summed E-state index contributed by atoms with van der Waals surface area (Å²) in [6.07, 6.45) is 8.37. The number of fused-ring (bicyclic) bond motifs is 3. The van der Waals surface area contributed by atoms with Gasteiger partial charge in [-0.15, -0.1) is 0 Å². The first-order valence-corrected chi connectivity index (χ1v) is 7.33. The zero-order valence-corrected chi connectivity index (χ0v) is 11.1. The van der Waals surface area contributed by atoms with Crippen LogP contribution in [0.1, 0.15) is 52.4 Å². The molecule has 3 heterocycles. The molecule has 0 aliphatic carbocycles. The molecule has 0 aromatic rings. The maximum atomic E-state index is 2.77. The highest BCUT2D eigenvalue weighted by molar-refractivity contribution is 4.93. The minimum atomic E-state index is 0.881. The van der Waals surface area contributed by atoms with E-state index in [9.17, 15) is 0 Å². The molecule has 0 aromatic heterocycles. The van der Waals surface area contributed by atoms with Gasteiger partial charge in [0.05, 0.1) is 0 Å². The summed E-state index contributed by atoms with van der Waals surface area (Å²) >= 11 is 0. The van der Waals surface area contributed by atoms with Crippen LogP contribution in [-0.4, -0.2) is 48.1 Å². The van der Waals surface area contributed by atoms with Gasteiger partial charge in [0.1, 0.15) is 0 Å². The smallest absolute Gasteiger partial charge is 0.0224 e. The molecule has 2 heteroatoms. The molecule has 94 valence electrons. The second-order valence-electron chi connectivity index (χ2n) is 5.58. The van der Waals surface area contributed by atoms with Gasteiger partial charge in [-0.3, -0.25) is 9.80 Å². The first-order valence-electron chi connectivity index (χ1n) is 7.33. The molecule has 3 aliphatic heterocycles. The van der Waals surface area contributed by atoms with Gasteiger partial charge in [0, 0.05) is 38.3 Å². The minimum Gasteiger partial charge on any atom is -0.296 e. The predicted molar refractivity (Wildman–Crippen MR) is 69.8 cm³/mol. The minimum absolute atomic E-state index is 0.881.